The minimum Gasteiger partial charge on any atom is -0.478 e. The van der Waals surface area contributed by atoms with Crippen LogP contribution in [0.15, 0.2) is 96.6 Å². The third-order valence-corrected chi connectivity index (χ3v) is 6.11. The molecule has 0 aliphatic heterocycles. The molecule has 0 saturated heterocycles. The summed E-state index contributed by atoms with van der Waals surface area (Å²) >= 11 is 1.63. The van der Waals surface area contributed by atoms with Crippen molar-refractivity contribution in [3.05, 3.63) is 119 Å². The van der Waals surface area contributed by atoms with Gasteiger partial charge in [0.25, 0.3) is 0 Å². The van der Waals surface area contributed by atoms with Crippen molar-refractivity contribution in [2.24, 2.45) is 0 Å². The van der Waals surface area contributed by atoms with Crippen LogP contribution in [0, 0.1) is 0 Å². The predicted molar refractivity (Wildman–Crippen MR) is 133 cm³/mol. The second kappa shape index (κ2) is 10.0. The standard InChI is InChI=1S/C28H23NO2S/c1-2-25(21-6-4-3-5-7-21)28(23-11-8-20(9-12-23)10-17-27(30)31)24-15-13-22(14-16-24)26-18-29-19-32-26/h3-19H,2H2,1H3,(H,30,31)/b17-10+,28-25+. The summed E-state index contributed by atoms with van der Waals surface area (Å²) in [6, 6.07) is 27.1. The van der Waals surface area contributed by atoms with Gasteiger partial charge in [0.2, 0.25) is 0 Å². The van der Waals surface area contributed by atoms with Crippen LogP contribution in [-0.4, -0.2) is 16.1 Å². The van der Waals surface area contributed by atoms with Gasteiger partial charge in [-0.25, -0.2) is 4.79 Å². The molecule has 158 valence electrons. The van der Waals surface area contributed by atoms with Gasteiger partial charge in [0, 0.05) is 12.3 Å². The molecule has 1 N–H and O–H groups in total. The molecular formula is C28H23NO2S. The highest BCUT2D eigenvalue weighted by molar-refractivity contribution is 7.13. The molecule has 0 bridgehead atoms. The zero-order valence-corrected chi connectivity index (χ0v) is 18.5. The van der Waals surface area contributed by atoms with E-state index in [1.807, 2.05) is 29.9 Å². The average molecular weight is 438 g/mol. The van der Waals surface area contributed by atoms with E-state index in [9.17, 15) is 4.79 Å². The highest BCUT2D eigenvalue weighted by Gasteiger charge is 2.13. The summed E-state index contributed by atoms with van der Waals surface area (Å²) in [5.74, 6) is -0.951. The summed E-state index contributed by atoms with van der Waals surface area (Å²) in [6.07, 6.45) is 5.54. The van der Waals surface area contributed by atoms with E-state index in [0.717, 1.165) is 39.6 Å². The van der Waals surface area contributed by atoms with Gasteiger partial charge in [-0.3, -0.25) is 4.98 Å². The van der Waals surface area contributed by atoms with Gasteiger partial charge in [-0.1, -0.05) is 85.8 Å². The second-order valence-corrected chi connectivity index (χ2v) is 8.20. The fraction of sp³-hybridized carbons (Fsp3) is 0.0714. The third kappa shape index (κ3) is 4.93. The van der Waals surface area contributed by atoms with Crippen molar-refractivity contribution in [1.82, 2.24) is 4.98 Å². The van der Waals surface area contributed by atoms with Crippen molar-refractivity contribution in [3.8, 4) is 10.4 Å². The number of carboxylic acids is 1. The van der Waals surface area contributed by atoms with Crippen LogP contribution in [0.1, 0.15) is 35.6 Å². The summed E-state index contributed by atoms with van der Waals surface area (Å²) in [6.45, 7) is 2.18. The number of hydrogen-bond acceptors (Lipinski definition) is 3. The van der Waals surface area contributed by atoms with Crippen LogP contribution >= 0.6 is 11.3 Å². The zero-order chi connectivity index (χ0) is 22.3. The number of aromatic nitrogens is 1. The van der Waals surface area contributed by atoms with Crippen LogP contribution in [0.5, 0.6) is 0 Å². The lowest BCUT2D eigenvalue weighted by Gasteiger charge is -2.17. The van der Waals surface area contributed by atoms with E-state index >= 15 is 0 Å². The number of nitrogens with zero attached hydrogens (tertiary/aromatic N) is 1. The van der Waals surface area contributed by atoms with Crippen LogP contribution in [-0.2, 0) is 4.79 Å². The Labute approximate surface area is 192 Å². The molecule has 32 heavy (non-hydrogen) atoms. The molecule has 3 nitrogen and oxygen atoms in total. The van der Waals surface area contributed by atoms with Crippen LogP contribution in [0.4, 0.5) is 0 Å². The van der Waals surface area contributed by atoms with E-state index in [2.05, 4.69) is 72.6 Å². The van der Waals surface area contributed by atoms with Gasteiger partial charge < -0.3 is 5.11 Å². The largest absolute Gasteiger partial charge is 0.478 e. The van der Waals surface area contributed by atoms with E-state index < -0.39 is 5.97 Å². The van der Waals surface area contributed by atoms with Crippen LogP contribution < -0.4 is 0 Å². The van der Waals surface area contributed by atoms with E-state index in [0.29, 0.717) is 0 Å². The van der Waals surface area contributed by atoms with Gasteiger partial charge in [0.1, 0.15) is 0 Å². The lowest BCUT2D eigenvalue weighted by molar-refractivity contribution is -0.131. The minimum absolute atomic E-state index is 0.855. The van der Waals surface area contributed by atoms with E-state index in [1.165, 1.54) is 16.7 Å². The van der Waals surface area contributed by atoms with Gasteiger partial charge in [-0.2, -0.15) is 0 Å². The molecule has 4 heteroatoms. The van der Waals surface area contributed by atoms with Gasteiger partial charge in [-0.15, -0.1) is 11.3 Å². The van der Waals surface area contributed by atoms with Gasteiger partial charge in [-0.05, 0) is 51.5 Å². The maximum atomic E-state index is 10.8. The fourth-order valence-corrected chi connectivity index (χ4v) is 4.40. The van der Waals surface area contributed by atoms with Crippen molar-refractivity contribution in [1.29, 1.82) is 0 Å². The number of carboxylic acid groups (broad SMARTS) is 1. The SMILES string of the molecule is CC/C(=C(/c1ccc(/C=C/C(=O)O)cc1)c1ccc(-c2cncs2)cc1)c1ccccc1. The first-order valence-corrected chi connectivity index (χ1v) is 11.3. The Kier molecular flexibility index (Phi) is 6.73. The molecule has 0 fully saturated rings. The third-order valence-electron chi connectivity index (χ3n) is 5.29. The van der Waals surface area contributed by atoms with Gasteiger partial charge in [0.05, 0.1) is 10.4 Å². The fourth-order valence-electron chi connectivity index (χ4n) is 3.77. The number of aliphatic carboxylic acids is 1. The number of carbonyl (C=O) groups is 1. The zero-order valence-electron chi connectivity index (χ0n) is 17.7. The van der Waals surface area contributed by atoms with E-state index in [-0.39, 0.29) is 0 Å². The molecule has 0 aliphatic carbocycles. The normalized spacial score (nSPS) is 12.0. The number of allylic oxidation sites excluding steroid dienone is 1. The Morgan fingerprint density at radius 1 is 0.906 bits per heavy atom. The summed E-state index contributed by atoms with van der Waals surface area (Å²) < 4.78 is 0. The first-order chi connectivity index (χ1) is 15.7. The molecule has 1 aromatic heterocycles. The van der Waals surface area contributed by atoms with Gasteiger partial charge >= 0.3 is 5.97 Å². The second-order valence-electron chi connectivity index (χ2n) is 7.31. The molecule has 1 heterocycles. The molecule has 3 aromatic carbocycles. The summed E-state index contributed by atoms with van der Waals surface area (Å²) in [7, 11) is 0. The highest BCUT2D eigenvalue weighted by atomic mass is 32.1. The molecule has 4 aromatic rings. The molecule has 0 spiro atoms. The van der Waals surface area contributed by atoms with Crippen molar-refractivity contribution in [3.63, 3.8) is 0 Å². The number of thiazole rings is 1. The van der Waals surface area contributed by atoms with Gasteiger partial charge in [0.15, 0.2) is 0 Å². The molecule has 0 saturated carbocycles. The first kappa shape index (κ1) is 21.5. The Hall–Kier alpha value is -3.76. The Morgan fingerprint density at radius 2 is 1.56 bits per heavy atom. The molecule has 0 atom stereocenters. The van der Waals surface area contributed by atoms with Crippen molar-refractivity contribution < 1.29 is 9.90 Å². The van der Waals surface area contributed by atoms with Crippen molar-refractivity contribution in [2.75, 3.05) is 0 Å². The maximum Gasteiger partial charge on any atom is 0.328 e. The minimum atomic E-state index is -0.951. The Balaban J connectivity index is 1.82. The first-order valence-electron chi connectivity index (χ1n) is 10.4. The average Bonchev–Trinajstić information content (AvgIpc) is 3.37. The molecule has 4 rings (SSSR count). The summed E-state index contributed by atoms with van der Waals surface area (Å²) in [4.78, 5) is 16.2. The predicted octanol–water partition coefficient (Wildman–Crippen LogP) is 7.28. The van der Waals surface area contributed by atoms with Crippen molar-refractivity contribution >= 4 is 34.5 Å². The van der Waals surface area contributed by atoms with Crippen molar-refractivity contribution in [2.45, 2.75) is 13.3 Å². The van der Waals surface area contributed by atoms with Crippen LogP contribution in [0.2, 0.25) is 0 Å². The maximum absolute atomic E-state index is 10.8. The molecular weight excluding hydrogens is 414 g/mol. The quantitative estimate of drug-likeness (QED) is 0.244. The molecule has 0 radical (unpaired) electrons. The van der Waals surface area contributed by atoms with Crippen LogP contribution in [0.25, 0.3) is 27.7 Å². The lowest BCUT2D eigenvalue weighted by atomic mass is 9.87. The Morgan fingerprint density at radius 3 is 2.12 bits per heavy atom. The molecule has 0 amide bonds. The monoisotopic (exact) mass is 437 g/mol. The number of benzene rings is 3. The molecule has 0 unspecified atom stereocenters. The number of hydrogen-bond donors (Lipinski definition) is 1. The topological polar surface area (TPSA) is 50.2 Å². The number of rotatable bonds is 7. The lowest BCUT2D eigenvalue weighted by Crippen LogP contribution is -1.95. The Bertz CT molecular complexity index is 1240. The summed E-state index contributed by atoms with van der Waals surface area (Å²) in [5, 5.41) is 8.89. The van der Waals surface area contributed by atoms with E-state index in [1.54, 1.807) is 17.4 Å². The highest BCUT2D eigenvalue weighted by Crippen LogP contribution is 2.35. The smallest absolute Gasteiger partial charge is 0.328 e. The summed E-state index contributed by atoms with van der Waals surface area (Å²) in [5.41, 5.74) is 9.76. The van der Waals surface area contributed by atoms with Crippen LogP contribution in [0.3, 0.4) is 0 Å². The molecule has 0 aliphatic rings. The van der Waals surface area contributed by atoms with E-state index in [4.69, 9.17) is 5.11 Å².